The maximum atomic E-state index is 11.6. The number of esters is 1. The van der Waals surface area contributed by atoms with Crippen LogP contribution in [-0.4, -0.2) is 31.6 Å². The molecule has 0 spiro atoms. The van der Waals surface area contributed by atoms with Crippen LogP contribution in [0.5, 0.6) is 0 Å². The molecule has 0 bridgehead atoms. The summed E-state index contributed by atoms with van der Waals surface area (Å²) in [6.07, 6.45) is 0.629. The Labute approximate surface area is 103 Å². The molecule has 1 unspecified atom stereocenters. The number of rotatable bonds is 6. The molecule has 0 rings (SSSR count). The van der Waals surface area contributed by atoms with Gasteiger partial charge in [0.05, 0.1) is 18.6 Å². The van der Waals surface area contributed by atoms with E-state index < -0.39 is 11.5 Å². The fourth-order valence-electron chi connectivity index (χ4n) is 1.40. The van der Waals surface area contributed by atoms with Crippen molar-refractivity contribution in [3.63, 3.8) is 0 Å². The summed E-state index contributed by atoms with van der Waals surface area (Å²) in [6, 6.07) is -0.525. The molecule has 0 aromatic carbocycles. The van der Waals surface area contributed by atoms with Gasteiger partial charge in [0.1, 0.15) is 0 Å². The molecule has 0 fully saturated rings. The van der Waals surface area contributed by atoms with Gasteiger partial charge in [0, 0.05) is 6.54 Å². The van der Waals surface area contributed by atoms with Crippen molar-refractivity contribution in [1.82, 2.24) is 5.32 Å². The lowest BCUT2D eigenvalue weighted by atomic mass is 9.93. The third-order valence-corrected chi connectivity index (χ3v) is 2.50. The van der Waals surface area contributed by atoms with Gasteiger partial charge in [-0.2, -0.15) is 0 Å². The molecule has 0 aromatic heterocycles. The molecule has 5 heteroatoms. The van der Waals surface area contributed by atoms with Crippen LogP contribution in [0.2, 0.25) is 0 Å². The zero-order valence-electron chi connectivity index (χ0n) is 11.4. The Hall–Kier alpha value is -1.10. The highest BCUT2D eigenvalue weighted by atomic mass is 16.5. The average Bonchev–Trinajstić information content (AvgIpc) is 2.23. The largest absolute Gasteiger partial charge is 0.469 e. The van der Waals surface area contributed by atoms with E-state index in [0.717, 1.165) is 0 Å². The number of methoxy groups -OCH3 is 1. The topological polar surface area (TPSA) is 81.4 Å². The van der Waals surface area contributed by atoms with Crippen molar-refractivity contribution in [2.45, 2.75) is 40.2 Å². The molecule has 0 saturated heterocycles. The summed E-state index contributed by atoms with van der Waals surface area (Å²) in [7, 11) is 1.33. The molecule has 0 aliphatic rings. The zero-order valence-corrected chi connectivity index (χ0v) is 11.4. The maximum Gasteiger partial charge on any atom is 0.313 e. The summed E-state index contributed by atoms with van der Waals surface area (Å²) in [6.45, 7) is 7.67. The normalized spacial score (nSPS) is 13.4. The molecule has 0 aromatic rings. The minimum absolute atomic E-state index is 0.226. The van der Waals surface area contributed by atoms with Crippen molar-refractivity contribution in [2.75, 3.05) is 13.7 Å². The van der Waals surface area contributed by atoms with Crippen molar-refractivity contribution in [3.05, 3.63) is 0 Å². The van der Waals surface area contributed by atoms with Crippen LogP contribution in [0, 0.1) is 11.3 Å². The molecule has 0 aliphatic heterocycles. The van der Waals surface area contributed by atoms with E-state index in [1.54, 1.807) is 13.8 Å². The van der Waals surface area contributed by atoms with Crippen LogP contribution >= 0.6 is 0 Å². The fourth-order valence-corrected chi connectivity index (χ4v) is 1.40. The van der Waals surface area contributed by atoms with Gasteiger partial charge in [0.2, 0.25) is 5.91 Å². The number of amides is 1. The van der Waals surface area contributed by atoms with Crippen molar-refractivity contribution in [1.29, 1.82) is 0 Å². The summed E-state index contributed by atoms with van der Waals surface area (Å²) in [5, 5.41) is 2.68. The molecular formula is C12H24N2O3. The predicted molar refractivity (Wildman–Crippen MR) is 66.2 cm³/mol. The van der Waals surface area contributed by atoms with Crippen LogP contribution in [0.25, 0.3) is 0 Å². The second-order valence-electron chi connectivity index (χ2n) is 5.33. The number of ether oxygens (including phenoxy) is 1. The average molecular weight is 244 g/mol. The van der Waals surface area contributed by atoms with Gasteiger partial charge >= 0.3 is 5.97 Å². The number of nitrogens with one attached hydrogen (secondary N) is 1. The summed E-state index contributed by atoms with van der Waals surface area (Å²) >= 11 is 0. The monoisotopic (exact) mass is 244 g/mol. The Bertz CT molecular complexity index is 275. The zero-order chi connectivity index (χ0) is 13.6. The molecule has 17 heavy (non-hydrogen) atoms. The molecule has 0 heterocycles. The molecule has 5 nitrogen and oxygen atoms in total. The van der Waals surface area contributed by atoms with Crippen molar-refractivity contribution in [2.24, 2.45) is 17.1 Å². The van der Waals surface area contributed by atoms with Crippen LogP contribution in [0.3, 0.4) is 0 Å². The first-order valence-electron chi connectivity index (χ1n) is 5.82. The highest BCUT2D eigenvalue weighted by Gasteiger charge is 2.29. The third-order valence-electron chi connectivity index (χ3n) is 2.50. The Kier molecular flexibility index (Phi) is 6.16. The van der Waals surface area contributed by atoms with E-state index in [0.29, 0.717) is 12.3 Å². The summed E-state index contributed by atoms with van der Waals surface area (Å²) < 4.78 is 4.65. The molecule has 100 valence electrons. The predicted octanol–water partition coefficient (Wildman–Crippen LogP) is 0.675. The van der Waals surface area contributed by atoms with E-state index in [4.69, 9.17) is 5.73 Å². The lowest BCUT2D eigenvalue weighted by Crippen LogP contribution is -2.46. The second kappa shape index (κ2) is 6.59. The van der Waals surface area contributed by atoms with Crippen molar-refractivity contribution in [3.8, 4) is 0 Å². The van der Waals surface area contributed by atoms with Gasteiger partial charge in [0.25, 0.3) is 0 Å². The number of hydrogen-bond acceptors (Lipinski definition) is 4. The van der Waals surface area contributed by atoms with Gasteiger partial charge in [-0.15, -0.1) is 0 Å². The Morgan fingerprint density at radius 1 is 1.35 bits per heavy atom. The highest BCUT2D eigenvalue weighted by Crippen LogP contribution is 2.15. The molecule has 0 aliphatic carbocycles. The number of carbonyl (C=O) groups is 2. The molecule has 0 radical (unpaired) electrons. The summed E-state index contributed by atoms with van der Waals surface area (Å²) in [5.74, 6) is -0.213. The minimum atomic E-state index is -0.734. The molecule has 3 N–H and O–H groups in total. The number of nitrogens with two attached hydrogens (primary N) is 1. The SMILES string of the molecule is COC(=O)C(C)(C)CNC(=O)C(N)CC(C)C. The first-order valence-corrected chi connectivity index (χ1v) is 5.82. The second-order valence-corrected chi connectivity index (χ2v) is 5.33. The first-order chi connectivity index (χ1) is 7.70. The van der Waals surface area contributed by atoms with Crippen LogP contribution in [0.4, 0.5) is 0 Å². The van der Waals surface area contributed by atoms with E-state index in [1.807, 2.05) is 13.8 Å². The number of carbonyl (C=O) groups excluding carboxylic acids is 2. The van der Waals surface area contributed by atoms with Crippen LogP contribution in [0.1, 0.15) is 34.1 Å². The van der Waals surface area contributed by atoms with Gasteiger partial charge in [-0.1, -0.05) is 13.8 Å². The van der Waals surface area contributed by atoms with Gasteiger partial charge in [0.15, 0.2) is 0 Å². The van der Waals surface area contributed by atoms with Crippen LogP contribution in [-0.2, 0) is 14.3 Å². The third kappa shape index (κ3) is 5.68. The number of hydrogen-bond donors (Lipinski definition) is 2. The van der Waals surface area contributed by atoms with Crippen molar-refractivity contribution < 1.29 is 14.3 Å². The van der Waals surface area contributed by atoms with Crippen LogP contribution < -0.4 is 11.1 Å². The minimum Gasteiger partial charge on any atom is -0.469 e. The molecule has 1 atom stereocenters. The molecule has 1 amide bonds. The van der Waals surface area contributed by atoms with Crippen LogP contribution in [0.15, 0.2) is 0 Å². The molecule has 0 saturated carbocycles. The lowest BCUT2D eigenvalue weighted by Gasteiger charge is -2.23. The Balaban J connectivity index is 4.19. The van der Waals surface area contributed by atoms with Crippen molar-refractivity contribution >= 4 is 11.9 Å². The quantitative estimate of drug-likeness (QED) is 0.673. The van der Waals surface area contributed by atoms with Gasteiger partial charge in [-0.3, -0.25) is 9.59 Å². The first kappa shape index (κ1) is 15.9. The van der Waals surface area contributed by atoms with E-state index >= 15 is 0 Å². The molecular weight excluding hydrogens is 220 g/mol. The van der Waals surface area contributed by atoms with E-state index in [-0.39, 0.29) is 18.4 Å². The van der Waals surface area contributed by atoms with Gasteiger partial charge in [-0.05, 0) is 26.2 Å². The lowest BCUT2D eigenvalue weighted by molar-refractivity contribution is -0.150. The highest BCUT2D eigenvalue weighted by molar-refractivity contribution is 5.83. The fraction of sp³-hybridized carbons (Fsp3) is 0.833. The van der Waals surface area contributed by atoms with Gasteiger partial charge < -0.3 is 15.8 Å². The van der Waals surface area contributed by atoms with Gasteiger partial charge in [-0.25, -0.2) is 0 Å². The van der Waals surface area contributed by atoms with E-state index in [1.165, 1.54) is 7.11 Å². The Morgan fingerprint density at radius 2 is 1.88 bits per heavy atom. The smallest absolute Gasteiger partial charge is 0.313 e. The Morgan fingerprint density at radius 3 is 2.29 bits per heavy atom. The van der Waals surface area contributed by atoms with E-state index in [2.05, 4.69) is 10.1 Å². The maximum absolute atomic E-state index is 11.6. The summed E-state index contributed by atoms with van der Waals surface area (Å²) in [5.41, 5.74) is 4.99. The van der Waals surface area contributed by atoms with E-state index in [9.17, 15) is 9.59 Å². The summed E-state index contributed by atoms with van der Waals surface area (Å²) in [4.78, 5) is 23.0. The standard InChI is InChI=1S/C12H24N2O3/c1-8(2)6-9(13)10(15)14-7-12(3,4)11(16)17-5/h8-9H,6-7,13H2,1-5H3,(H,14,15).